The van der Waals surface area contributed by atoms with Gasteiger partial charge >= 0.3 is 0 Å². The van der Waals surface area contributed by atoms with Gasteiger partial charge in [-0.3, -0.25) is 0 Å². The minimum atomic E-state index is 0.404. The average Bonchev–Trinajstić information content (AvgIpc) is 2.08. The lowest BCUT2D eigenvalue weighted by atomic mass is 9.90. The Kier molecular flexibility index (Phi) is 1.89. The van der Waals surface area contributed by atoms with Crippen LogP contribution >= 0.6 is 11.8 Å². The van der Waals surface area contributed by atoms with Crippen molar-refractivity contribution in [3.8, 4) is 0 Å². The minimum Gasteiger partial charge on any atom is -0.380 e. The Morgan fingerprint density at radius 3 is 2.60 bits per heavy atom. The fraction of sp³-hybridized carbons (Fsp3) is 1.00. The third-order valence-electron chi connectivity index (χ3n) is 2.01. The Labute approximate surface area is 65.3 Å². The molecule has 0 bridgehead atoms. The maximum atomic E-state index is 5.45. The van der Waals surface area contributed by atoms with Gasteiger partial charge < -0.3 is 9.47 Å². The Morgan fingerprint density at radius 1 is 1.10 bits per heavy atom. The maximum absolute atomic E-state index is 5.45. The van der Waals surface area contributed by atoms with Crippen molar-refractivity contribution in [2.45, 2.75) is 0 Å². The molecule has 0 aromatic rings. The van der Waals surface area contributed by atoms with Crippen molar-refractivity contribution in [1.82, 2.24) is 0 Å². The van der Waals surface area contributed by atoms with E-state index in [0.717, 1.165) is 32.2 Å². The van der Waals surface area contributed by atoms with Crippen LogP contribution in [0.4, 0.5) is 0 Å². The smallest absolute Gasteiger partial charge is 0.0575 e. The van der Waals surface area contributed by atoms with E-state index in [2.05, 4.69) is 0 Å². The molecule has 0 atom stereocenters. The topological polar surface area (TPSA) is 18.5 Å². The first kappa shape index (κ1) is 6.95. The van der Waals surface area contributed by atoms with Crippen LogP contribution in [-0.2, 0) is 9.47 Å². The van der Waals surface area contributed by atoms with E-state index in [1.807, 2.05) is 11.8 Å². The van der Waals surface area contributed by atoms with Crippen molar-refractivity contribution in [1.29, 1.82) is 0 Å². The molecule has 0 N–H and O–H groups in total. The van der Waals surface area contributed by atoms with Crippen LogP contribution in [0.25, 0.3) is 0 Å². The lowest BCUT2D eigenvalue weighted by Gasteiger charge is -2.39. The van der Waals surface area contributed by atoms with E-state index in [4.69, 9.17) is 9.47 Å². The van der Waals surface area contributed by atoms with E-state index in [-0.39, 0.29) is 0 Å². The first-order valence-corrected chi connectivity index (χ1v) is 4.80. The van der Waals surface area contributed by atoms with Gasteiger partial charge in [-0.15, -0.1) is 0 Å². The van der Waals surface area contributed by atoms with E-state index in [9.17, 15) is 0 Å². The predicted molar refractivity (Wildman–Crippen MR) is 41.4 cm³/mol. The van der Waals surface area contributed by atoms with Gasteiger partial charge in [0.1, 0.15) is 0 Å². The molecule has 0 aromatic carbocycles. The lowest BCUT2D eigenvalue weighted by Crippen LogP contribution is -2.47. The van der Waals surface area contributed by atoms with Crippen molar-refractivity contribution in [3.63, 3.8) is 0 Å². The molecule has 0 saturated carbocycles. The highest BCUT2D eigenvalue weighted by Crippen LogP contribution is 2.33. The van der Waals surface area contributed by atoms with Gasteiger partial charge in [-0.25, -0.2) is 0 Å². The van der Waals surface area contributed by atoms with Gasteiger partial charge in [-0.2, -0.15) is 11.8 Å². The van der Waals surface area contributed by atoms with Crippen molar-refractivity contribution >= 4 is 11.8 Å². The summed E-state index contributed by atoms with van der Waals surface area (Å²) < 4.78 is 10.6. The van der Waals surface area contributed by atoms with Gasteiger partial charge in [0.05, 0.1) is 26.4 Å². The third kappa shape index (κ3) is 1.18. The van der Waals surface area contributed by atoms with Crippen LogP contribution in [0.15, 0.2) is 0 Å². The van der Waals surface area contributed by atoms with Crippen LogP contribution in [0.2, 0.25) is 0 Å². The molecular formula is C7H12O2S. The molecule has 3 heteroatoms. The molecular weight excluding hydrogens is 148 g/mol. The summed E-state index contributed by atoms with van der Waals surface area (Å²) in [6.07, 6.45) is 0. The zero-order valence-corrected chi connectivity index (χ0v) is 6.78. The maximum Gasteiger partial charge on any atom is 0.0575 e. The monoisotopic (exact) mass is 160 g/mol. The van der Waals surface area contributed by atoms with E-state index >= 15 is 0 Å². The first-order valence-electron chi connectivity index (χ1n) is 3.65. The summed E-state index contributed by atoms with van der Waals surface area (Å²) in [6, 6.07) is 0. The van der Waals surface area contributed by atoms with E-state index < -0.39 is 0 Å². The largest absolute Gasteiger partial charge is 0.380 e. The van der Waals surface area contributed by atoms with E-state index in [1.165, 1.54) is 5.75 Å². The lowest BCUT2D eigenvalue weighted by molar-refractivity contribution is -0.131. The van der Waals surface area contributed by atoms with Gasteiger partial charge in [0.2, 0.25) is 0 Å². The molecule has 58 valence electrons. The Morgan fingerprint density at radius 2 is 1.90 bits per heavy atom. The van der Waals surface area contributed by atoms with E-state index in [0.29, 0.717) is 5.41 Å². The Hall–Kier alpha value is 0.270. The molecule has 2 heterocycles. The molecule has 2 aliphatic heterocycles. The van der Waals surface area contributed by atoms with Gasteiger partial charge in [0, 0.05) is 16.9 Å². The highest BCUT2D eigenvalue weighted by molar-refractivity contribution is 7.99. The summed E-state index contributed by atoms with van der Waals surface area (Å²) >= 11 is 1.99. The fourth-order valence-electron chi connectivity index (χ4n) is 1.29. The van der Waals surface area contributed by atoms with Crippen LogP contribution in [0.1, 0.15) is 0 Å². The number of hydrogen-bond donors (Lipinski definition) is 0. The second-order valence-corrected chi connectivity index (χ2v) is 4.20. The molecule has 0 unspecified atom stereocenters. The summed E-state index contributed by atoms with van der Waals surface area (Å²) in [4.78, 5) is 0. The average molecular weight is 160 g/mol. The SMILES string of the molecule is C1CSCC2(CO1)COC2. The molecule has 2 rings (SSSR count). The van der Waals surface area contributed by atoms with Gasteiger partial charge in [-0.05, 0) is 0 Å². The number of thioether (sulfide) groups is 1. The quantitative estimate of drug-likeness (QED) is 0.521. The Balaban J connectivity index is 1.92. The standard InChI is InChI=1S/C7H12O2S/c1-2-10-6-7(3-8-1)4-9-5-7/h1-6H2. The zero-order chi connectivity index (χ0) is 6.86. The number of ether oxygens (including phenoxy) is 2. The molecule has 2 saturated heterocycles. The van der Waals surface area contributed by atoms with Crippen molar-refractivity contribution in [2.75, 3.05) is 37.9 Å². The Bertz CT molecular complexity index is 113. The van der Waals surface area contributed by atoms with Crippen LogP contribution in [0.5, 0.6) is 0 Å². The second kappa shape index (κ2) is 2.72. The molecule has 0 radical (unpaired) electrons. The van der Waals surface area contributed by atoms with Gasteiger partial charge in [0.15, 0.2) is 0 Å². The summed E-state index contributed by atoms with van der Waals surface area (Å²) in [7, 11) is 0. The van der Waals surface area contributed by atoms with Crippen molar-refractivity contribution in [2.24, 2.45) is 5.41 Å². The highest BCUT2D eigenvalue weighted by Gasteiger charge is 2.39. The molecule has 2 aliphatic rings. The van der Waals surface area contributed by atoms with Crippen molar-refractivity contribution < 1.29 is 9.47 Å². The number of hydrogen-bond acceptors (Lipinski definition) is 3. The molecule has 2 fully saturated rings. The third-order valence-corrected chi connectivity index (χ3v) is 3.28. The van der Waals surface area contributed by atoms with Crippen LogP contribution in [0, 0.1) is 5.41 Å². The van der Waals surface area contributed by atoms with Gasteiger partial charge in [-0.1, -0.05) is 0 Å². The van der Waals surface area contributed by atoms with Crippen LogP contribution in [-0.4, -0.2) is 37.9 Å². The van der Waals surface area contributed by atoms with Gasteiger partial charge in [0.25, 0.3) is 0 Å². The molecule has 0 aromatic heterocycles. The number of rotatable bonds is 0. The van der Waals surface area contributed by atoms with Crippen molar-refractivity contribution in [3.05, 3.63) is 0 Å². The highest BCUT2D eigenvalue weighted by atomic mass is 32.2. The second-order valence-electron chi connectivity index (χ2n) is 3.10. The molecule has 2 nitrogen and oxygen atoms in total. The fourth-order valence-corrected chi connectivity index (χ4v) is 2.36. The minimum absolute atomic E-state index is 0.404. The summed E-state index contributed by atoms with van der Waals surface area (Å²) in [6.45, 7) is 3.67. The molecule has 0 amide bonds. The molecule has 10 heavy (non-hydrogen) atoms. The summed E-state index contributed by atoms with van der Waals surface area (Å²) in [5, 5.41) is 0. The molecule has 1 spiro atoms. The predicted octanol–water partition coefficient (Wildman–Crippen LogP) is 0.766. The zero-order valence-electron chi connectivity index (χ0n) is 5.97. The van der Waals surface area contributed by atoms with Crippen LogP contribution in [0.3, 0.4) is 0 Å². The van der Waals surface area contributed by atoms with E-state index in [1.54, 1.807) is 0 Å². The normalized spacial score (nSPS) is 31.2. The molecule has 0 aliphatic carbocycles. The van der Waals surface area contributed by atoms with Crippen LogP contribution < -0.4 is 0 Å². The first-order chi connectivity index (χ1) is 4.91. The summed E-state index contributed by atoms with van der Waals surface area (Å²) in [5.41, 5.74) is 0.404. The summed E-state index contributed by atoms with van der Waals surface area (Å²) in [5.74, 6) is 2.38.